The van der Waals surface area contributed by atoms with Crippen LogP contribution < -0.4 is 14.4 Å². The molecule has 3 rings (SSSR count). The second-order valence-corrected chi connectivity index (χ2v) is 11.1. The molecule has 0 spiro atoms. The Bertz CT molecular complexity index is 1230. The molecule has 0 aliphatic carbocycles. The van der Waals surface area contributed by atoms with Gasteiger partial charge in [-0.25, -0.2) is 12.8 Å². The lowest BCUT2D eigenvalue weighted by atomic mass is 10.2. The van der Waals surface area contributed by atoms with Crippen molar-refractivity contribution in [2.24, 2.45) is 0 Å². The molecule has 3 aromatic rings. The van der Waals surface area contributed by atoms with Gasteiger partial charge in [-0.2, -0.15) is 11.8 Å². The van der Waals surface area contributed by atoms with E-state index in [-0.39, 0.29) is 4.90 Å². The van der Waals surface area contributed by atoms with Crippen molar-refractivity contribution in [3.8, 4) is 5.75 Å². The molecule has 0 aliphatic heterocycles. The van der Waals surface area contributed by atoms with Crippen molar-refractivity contribution in [2.75, 3.05) is 29.8 Å². The lowest BCUT2D eigenvalue weighted by Gasteiger charge is -2.24. The van der Waals surface area contributed by atoms with E-state index in [2.05, 4.69) is 30.4 Å². The van der Waals surface area contributed by atoms with E-state index < -0.39 is 28.3 Å². The van der Waals surface area contributed by atoms with Crippen molar-refractivity contribution in [3.63, 3.8) is 0 Å². The Balaban J connectivity index is 1.61. The molecule has 1 N–H and O–H groups in total. The molecule has 0 radical (unpaired) electrons. The maximum atomic E-state index is 13.4. The van der Waals surface area contributed by atoms with Gasteiger partial charge >= 0.3 is 0 Å². The van der Waals surface area contributed by atoms with Crippen molar-refractivity contribution < 1.29 is 22.3 Å². The molecule has 36 heavy (non-hydrogen) atoms. The minimum atomic E-state index is -4.10. The number of ether oxygens (including phenoxy) is 1. The van der Waals surface area contributed by atoms with Gasteiger partial charge in [-0.1, -0.05) is 29.8 Å². The zero-order valence-corrected chi connectivity index (χ0v) is 22.1. The maximum Gasteiger partial charge on any atom is 0.264 e. The van der Waals surface area contributed by atoms with E-state index in [0.717, 1.165) is 34.4 Å². The van der Waals surface area contributed by atoms with E-state index >= 15 is 0 Å². The summed E-state index contributed by atoms with van der Waals surface area (Å²) in [6.07, 6.45) is 0.760. The third-order valence-corrected chi connectivity index (χ3v) is 8.17. The van der Waals surface area contributed by atoms with Crippen LogP contribution in [0.3, 0.4) is 0 Å². The smallest absolute Gasteiger partial charge is 0.264 e. The topological polar surface area (TPSA) is 75.7 Å². The highest BCUT2D eigenvalue weighted by Gasteiger charge is 2.27. The number of nitrogens with one attached hydrogen (secondary N) is 1. The Morgan fingerprint density at radius 3 is 2.44 bits per heavy atom. The van der Waals surface area contributed by atoms with Gasteiger partial charge in [0.2, 0.25) is 5.91 Å². The first-order valence-corrected chi connectivity index (χ1v) is 14.3. The minimum Gasteiger partial charge on any atom is -0.494 e. The van der Waals surface area contributed by atoms with E-state index in [0.29, 0.717) is 24.6 Å². The van der Waals surface area contributed by atoms with Gasteiger partial charge in [0.15, 0.2) is 0 Å². The highest BCUT2D eigenvalue weighted by Crippen LogP contribution is 2.26. The van der Waals surface area contributed by atoms with Crippen LogP contribution >= 0.6 is 11.8 Å². The standard InChI is InChI=1S/C27H31FN2O4S2/c1-3-34-25-12-10-24(11-13-25)30(36(32,33)26-14-8-23(28)9-15-26)19-27(31)29-16-5-17-35-20-22-7-4-6-21(2)18-22/h4,6-15,18H,3,5,16-17,19-20H2,1-2H3,(H,29,31). The van der Waals surface area contributed by atoms with Crippen molar-refractivity contribution in [2.45, 2.75) is 30.9 Å². The maximum absolute atomic E-state index is 13.4. The van der Waals surface area contributed by atoms with Crippen LogP contribution in [0, 0.1) is 12.7 Å². The molecule has 1 amide bonds. The fourth-order valence-corrected chi connectivity index (χ4v) is 5.83. The molecule has 0 heterocycles. The highest BCUT2D eigenvalue weighted by molar-refractivity contribution is 7.98. The average molecular weight is 531 g/mol. The molecule has 6 nitrogen and oxygen atoms in total. The Labute approximate surface area is 216 Å². The third kappa shape index (κ3) is 7.99. The predicted octanol–water partition coefficient (Wildman–Crippen LogP) is 5.17. The Morgan fingerprint density at radius 2 is 1.78 bits per heavy atom. The number of amides is 1. The summed E-state index contributed by atoms with van der Waals surface area (Å²) in [5.41, 5.74) is 2.81. The molecule has 9 heteroatoms. The number of benzene rings is 3. The molecule has 0 saturated carbocycles. The van der Waals surface area contributed by atoms with Gasteiger partial charge < -0.3 is 10.1 Å². The zero-order valence-electron chi connectivity index (χ0n) is 20.4. The van der Waals surface area contributed by atoms with E-state index in [1.54, 1.807) is 36.0 Å². The first kappa shape index (κ1) is 27.5. The summed E-state index contributed by atoms with van der Waals surface area (Å²) in [4.78, 5) is 12.6. The van der Waals surface area contributed by atoms with Crippen LogP contribution in [0.5, 0.6) is 5.75 Å². The Kier molecular flexibility index (Phi) is 10.2. The molecule has 0 fully saturated rings. The van der Waals surface area contributed by atoms with Crippen LogP contribution in [-0.2, 0) is 20.6 Å². The lowest BCUT2D eigenvalue weighted by molar-refractivity contribution is -0.119. The number of sulfonamides is 1. The van der Waals surface area contributed by atoms with Crippen molar-refractivity contribution >= 4 is 33.4 Å². The van der Waals surface area contributed by atoms with E-state index in [9.17, 15) is 17.6 Å². The number of hydrogen-bond donors (Lipinski definition) is 1. The monoisotopic (exact) mass is 530 g/mol. The van der Waals surface area contributed by atoms with Crippen molar-refractivity contribution in [1.29, 1.82) is 0 Å². The molecular weight excluding hydrogens is 499 g/mol. The molecule has 192 valence electrons. The van der Waals surface area contributed by atoms with Gasteiger partial charge in [0.1, 0.15) is 18.1 Å². The van der Waals surface area contributed by atoms with Crippen LogP contribution in [-0.4, -0.2) is 39.8 Å². The quantitative estimate of drug-likeness (QED) is 0.309. The first-order valence-electron chi connectivity index (χ1n) is 11.7. The fraction of sp³-hybridized carbons (Fsp3) is 0.296. The molecule has 3 aromatic carbocycles. The summed E-state index contributed by atoms with van der Waals surface area (Å²) < 4.78 is 46.5. The number of aryl methyl sites for hydroxylation is 1. The molecule has 0 saturated heterocycles. The molecule has 0 bridgehead atoms. The zero-order chi connectivity index (χ0) is 26.0. The summed E-state index contributed by atoms with van der Waals surface area (Å²) in [7, 11) is -4.10. The molecular formula is C27H31FN2O4S2. The number of thioether (sulfide) groups is 1. The third-order valence-electron chi connectivity index (χ3n) is 5.26. The van der Waals surface area contributed by atoms with Gasteiger partial charge in [-0.05, 0) is 80.1 Å². The summed E-state index contributed by atoms with van der Waals surface area (Å²) >= 11 is 1.79. The number of hydrogen-bond acceptors (Lipinski definition) is 5. The number of carbonyl (C=O) groups excluding carboxylic acids is 1. The summed E-state index contributed by atoms with van der Waals surface area (Å²) in [5.74, 6) is 1.40. The summed E-state index contributed by atoms with van der Waals surface area (Å²) in [6.45, 7) is 4.43. The second-order valence-electron chi connectivity index (χ2n) is 8.14. The molecule has 0 atom stereocenters. The molecule has 0 aromatic heterocycles. The highest BCUT2D eigenvalue weighted by atomic mass is 32.2. The van der Waals surface area contributed by atoms with Crippen LogP contribution in [0.2, 0.25) is 0 Å². The lowest BCUT2D eigenvalue weighted by Crippen LogP contribution is -2.41. The van der Waals surface area contributed by atoms with Gasteiger partial charge in [0, 0.05) is 12.3 Å². The van der Waals surface area contributed by atoms with E-state index in [1.165, 1.54) is 23.3 Å². The average Bonchev–Trinajstić information content (AvgIpc) is 2.86. The van der Waals surface area contributed by atoms with Crippen molar-refractivity contribution in [1.82, 2.24) is 5.32 Å². The summed E-state index contributed by atoms with van der Waals surface area (Å²) in [5, 5.41) is 2.81. The summed E-state index contributed by atoms with van der Waals surface area (Å²) in [6, 6.07) is 19.4. The fourth-order valence-electron chi connectivity index (χ4n) is 3.50. The van der Waals surface area contributed by atoms with Crippen molar-refractivity contribution in [3.05, 3.63) is 89.7 Å². The largest absolute Gasteiger partial charge is 0.494 e. The number of carbonyl (C=O) groups is 1. The van der Waals surface area contributed by atoms with Crippen LogP contribution in [0.15, 0.2) is 77.7 Å². The molecule has 0 unspecified atom stereocenters. The molecule has 0 aliphatic rings. The predicted molar refractivity (Wildman–Crippen MR) is 144 cm³/mol. The van der Waals surface area contributed by atoms with Crippen LogP contribution in [0.4, 0.5) is 10.1 Å². The van der Waals surface area contributed by atoms with Crippen LogP contribution in [0.1, 0.15) is 24.5 Å². The van der Waals surface area contributed by atoms with E-state index in [1.807, 2.05) is 13.0 Å². The minimum absolute atomic E-state index is 0.0990. The van der Waals surface area contributed by atoms with E-state index in [4.69, 9.17) is 4.74 Å². The first-order chi connectivity index (χ1) is 17.3. The Hall–Kier alpha value is -3.04. The number of rotatable bonds is 13. The number of halogens is 1. The Morgan fingerprint density at radius 1 is 1.06 bits per heavy atom. The SMILES string of the molecule is CCOc1ccc(N(CC(=O)NCCCSCc2cccc(C)c2)S(=O)(=O)c2ccc(F)cc2)cc1. The second kappa shape index (κ2) is 13.3. The number of nitrogens with zero attached hydrogens (tertiary/aromatic N) is 1. The van der Waals surface area contributed by atoms with Gasteiger partial charge in [0.05, 0.1) is 17.2 Å². The van der Waals surface area contributed by atoms with Gasteiger partial charge in [-0.3, -0.25) is 9.10 Å². The van der Waals surface area contributed by atoms with Crippen LogP contribution in [0.25, 0.3) is 0 Å². The van der Waals surface area contributed by atoms with Gasteiger partial charge in [-0.15, -0.1) is 0 Å². The number of anilines is 1. The normalized spacial score (nSPS) is 11.2. The van der Waals surface area contributed by atoms with Gasteiger partial charge in [0.25, 0.3) is 10.0 Å².